The summed E-state index contributed by atoms with van der Waals surface area (Å²) in [6.45, 7) is 3.53. The van der Waals surface area contributed by atoms with E-state index in [1.807, 2.05) is 0 Å². The summed E-state index contributed by atoms with van der Waals surface area (Å²) in [6, 6.07) is 0. The summed E-state index contributed by atoms with van der Waals surface area (Å²) in [5.41, 5.74) is 0. The molecule has 1 rings (SSSR count). The molecule has 1 N–H and O–H groups in total. The predicted octanol–water partition coefficient (Wildman–Crippen LogP) is -0.316. The summed E-state index contributed by atoms with van der Waals surface area (Å²) < 4.78 is 4.87. The molecule has 0 aromatic rings. The van der Waals surface area contributed by atoms with Crippen LogP contribution in [-0.4, -0.2) is 24.5 Å². The van der Waals surface area contributed by atoms with Gasteiger partial charge in [0.1, 0.15) is 6.10 Å². The van der Waals surface area contributed by atoms with Crippen LogP contribution in [0, 0.1) is 5.92 Å². The zero-order valence-electron chi connectivity index (χ0n) is 6.59. The van der Waals surface area contributed by atoms with Crippen molar-refractivity contribution >= 4 is 11.9 Å². The number of carbonyl (C=O) groups excluding carboxylic acids is 2. The summed E-state index contributed by atoms with van der Waals surface area (Å²) in [6.07, 6.45) is -0.278. The molecule has 1 aliphatic heterocycles. The van der Waals surface area contributed by atoms with Crippen molar-refractivity contribution in [2.45, 2.75) is 20.0 Å². The van der Waals surface area contributed by atoms with E-state index < -0.39 is 0 Å². The second-order valence-electron chi connectivity index (χ2n) is 2.68. The molecule has 0 aromatic heterocycles. The average Bonchev–Trinajstić information content (AvgIpc) is 2.18. The highest BCUT2D eigenvalue weighted by Gasteiger charge is 2.32. The van der Waals surface area contributed by atoms with Gasteiger partial charge >= 0.3 is 5.97 Å². The molecule has 0 bridgehead atoms. The van der Waals surface area contributed by atoms with Crippen LogP contribution < -0.4 is 5.32 Å². The van der Waals surface area contributed by atoms with Gasteiger partial charge in [0.05, 0.1) is 12.5 Å². The molecule has 0 spiro atoms. The fraction of sp³-hybridized carbons (Fsp3) is 0.714. The van der Waals surface area contributed by atoms with Gasteiger partial charge in [0.2, 0.25) is 5.91 Å². The number of rotatable bonds is 1. The lowest BCUT2D eigenvalue weighted by molar-refractivity contribution is -0.147. The second-order valence-corrected chi connectivity index (χ2v) is 2.68. The van der Waals surface area contributed by atoms with E-state index in [2.05, 4.69) is 5.32 Å². The maximum absolute atomic E-state index is 10.9. The number of amides is 1. The third kappa shape index (κ3) is 1.69. The van der Waals surface area contributed by atoms with Gasteiger partial charge < -0.3 is 10.1 Å². The Kier molecular flexibility index (Phi) is 2.12. The van der Waals surface area contributed by atoms with Gasteiger partial charge in [-0.3, -0.25) is 9.59 Å². The van der Waals surface area contributed by atoms with E-state index in [1.54, 1.807) is 6.92 Å². The molecule has 1 aliphatic rings. The van der Waals surface area contributed by atoms with Crippen molar-refractivity contribution in [2.24, 2.45) is 5.92 Å². The smallest absolute Gasteiger partial charge is 0.302 e. The minimum atomic E-state index is -0.335. The van der Waals surface area contributed by atoms with Crippen molar-refractivity contribution in [1.82, 2.24) is 5.32 Å². The van der Waals surface area contributed by atoms with Crippen LogP contribution in [0.15, 0.2) is 0 Å². The van der Waals surface area contributed by atoms with E-state index >= 15 is 0 Å². The first kappa shape index (κ1) is 8.04. The standard InChI is InChI=1S/C7H11NO3/c1-4-6(11-5(2)9)3-8-7(4)10/h4,6H,3H2,1-2H3,(H,8,10). The zero-order chi connectivity index (χ0) is 8.43. The molecule has 1 heterocycles. The maximum atomic E-state index is 10.9. The summed E-state index contributed by atoms with van der Waals surface area (Å²) >= 11 is 0. The first-order valence-corrected chi connectivity index (χ1v) is 3.56. The third-order valence-corrected chi connectivity index (χ3v) is 1.77. The summed E-state index contributed by atoms with van der Waals surface area (Å²) in [7, 11) is 0. The Morgan fingerprint density at radius 2 is 2.36 bits per heavy atom. The largest absolute Gasteiger partial charge is 0.460 e. The van der Waals surface area contributed by atoms with E-state index in [4.69, 9.17) is 4.74 Å². The molecule has 2 unspecified atom stereocenters. The molecule has 4 nitrogen and oxygen atoms in total. The highest BCUT2D eigenvalue weighted by Crippen LogP contribution is 2.12. The molecule has 1 amide bonds. The number of carbonyl (C=O) groups is 2. The van der Waals surface area contributed by atoms with Crippen molar-refractivity contribution in [3.63, 3.8) is 0 Å². The number of hydrogen-bond acceptors (Lipinski definition) is 3. The number of ether oxygens (including phenoxy) is 1. The van der Waals surface area contributed by atoms with E-state index in [0.29, 0.717) is 6.54 Å². The molecule has 0 aliphatic carbocycles. The third-order valence-electron chi connectivity index (χ3n) is 1.77. The molecule has 62 valence electrons. The van der Waals surface area contributed by atoms with Crippen LogP contribution in [0.5, 0.6) is 0 Å². The van der Waals surface area contributed by atoms with Gasteiger partial charge in [-0.1, -0.05) is 0 Å². The first-order valence-electron chi connectivity index (χ1n) is 3.56. The second kappa shape index (κ2) is 2.90. The van der Waals surface area contributed by atoms with Crippen LogP contribution in [0.1, 0.15) is 13.8 Å². The summed E-state index contributed by atoms with van der Waals surface area (Å²) in [5, 5.41) is 2.61. The SMILES string of the molecule is CC(=O)OC1CNC(=O)C1C. The van der Waals surface area contributed by atoms with Crippen LogP contribution >= 0.6 is 0 Å². The molecule has 11 heavy (non-hydrogen) atoms. The van der Waals surface area contributed by atoms with Crippen molar-refractivity contribution in [3.05, 3.63) is 0 Å². The molecule has 0 aromatic carbocycles. The molecular formula is C7H11NO3. The van der Waals surface area contributed by atoms with E-state index in [-0.39, 0.29) is 23.9 Å². The molecular weight excluding hydrogens is 146 g/mol. The summed E-state index contributed by atoms with van der Waals surface area (Å²) in [4.78, 5) is 21.4. The van der Waals surface area contributed by atoms with Crippen LogP contribution in [0.25, 0.3) is 0 Å². The maximum Gasteiger partial charge on any atom is 0.302 e. The van der Waals surface area contributed by atoms with Gasteiger partial charge in [-0.15, -0.1) is 0 Å². The van der Waals surface area contributed by atoms with E-state index in [9.17, 15) is 9.59 Å². The number of nitrogens with one attached hydrogen (secondary N) is 1. The van der Waals surface area contributed by atoms with Gasteiger partial charge in [-0.25, -0.2) is 0 Å². The lowest BCUT2D eigenvalue weighted by Crippen LogP contribution is -2.23. The van der Waals surface area contributed by atoms with Crippen LogP contribution in [-0.2, 0) is 14.3 Å². The van der Waals surface area contributed by atoms with Crippen molar-refractivity contribution < 1.29 is 14.3 Å². The Labute approximate surface area is 64.9 Å². The van der Waals surface area contributed by atoms with Gasteiger partial charge in [-0.2, -0.15) is 0 Å². The van der Waals surface area contributed by atoms with Crippen molar-refractivity contribution in [1.29, 1.82) is 0 Å². The Hall–Kier alpha value is -1.06. The quantitative estimate of drug-likeness (QED) is 0.531. The first-order chi connectivity index (χ1) is 5.11. The average molecular weight is 157 g/mol. The Balaban J connectivity index is 2.48. The Bertz CT molecular complexity index is 190. The molecule has 0 saturated carbocycles. The normalized spacial score (nSPS) is 29.8. The number of esters is 1. The Morgan fingerprint density at radius 3 is 2.73 bits per heavy atom. The predicted molar refractivity (Wildman–Crippen MR) is 37.7 cm³/mol. The fourth-order valence-electron chi connectivity index (χ4n) is 1.06. The molecule has 0 radical (unpaired) electrons. The van der Waals surface area contributed by atoms with Gasteiger partial charge in [-0.05, 0) is 6.92 Å². The lowest BCUT2D eigenvalue weighted by atomic mass is 10.1. The molecule has 2 atom stereocenters. The molecule has 1 fully saturated rings. The lowest BCUT2D eigenvalue weighted by Gasteiger charge is -2.11. The van der Waals surface area contributed by atoms with Crippen LogP contribution in [0.2, 0.25) is 0 Å². The summed E-state index contributed by atoms with van der Waals surface area (Å²) in [5.74, 6) is -0.589. The Morgan fingerprint density at radius 1 is 1.73 bits per heavy atom. The fourth-order valence-corrected chi connectivity index (χ4v) is 1.06. The number of hydrogen-bond donors (Lipinski definition) is 1. The van der Waals surface area contributed by atoms with Crippen LogP contribution in [0.4, 0.5) is 0 Å². The van der Waals surface area contributed by atoms with Crippen LogP contribution in [0.3, 0.4) is 0 Å². The van der Waals surface area contributed by atoms with Gasteiger partial charge in [0.15, 0.2) is 0 Å². The molecule has 4 heteroatoms. The van der Waals surface area contributed by atoms with Gasteiger partial charge in [0.25, 0.3) is 0 Å². The monoisotopic (exact) mass is 157 g/mol. The van der Waals surface area contributed by atoms with E-state index in [1.165, 1.54) is 6.92 Å². The van der Waals surface area contributed by atoms with Crippen molar-refractivity contribution in [2.75, 3.05) is 6.54 Å². The minimum Gasteiger partial charge on any atom is -0.460 e. The zero-order valence-corrected chi connectivity index (χ0v) is 6.59. The topological polar surface area (TPSA) is 55.4 Å². The highest BCUT2D eigenvalue weighted by molar-refractivity contribution is 5.81. The molecule has 1 saturated heterocycles. The van der Waals surface area contributed by atoms with Gasteiger partial charge in [0, 0.05) is 6.92 Å². The van der Waals surface area contributed by atoms with E-state index in [0.717, 1.165) is 0 Å². The highest BCUT2D eigenvalue weighted by atomic mass is 16.5. The minimum absolute atomic E-state index is 0.0451. The van der Waals surface area contributed by atoms with Crippen molar-refractivity contribution in [3.8, 4) is 0 Å².